The molecule has 0 bridgehead atoms. The van der Waals surface area contributed by atoms with Crippen molar-refractivity contribution in [3.63, 3.8) is 0 Å². The Hall–Kier alpha value is -2.97. The Labute approximate surface area is 169 Å². The highest BCUT2D eigenvalue weighted by atomic mass is 32.2. The molecule has 1 aliphatic rings. The van der Waals surface area contributed by atoms with Crippen molar-refractivity contribution < 1.29 is 17.7 Å². The van der Waals surface area contributed by atoms with Gasteiger partial charge in [0.05, 0.1) is 4.90 Å². The molecule has 0 saturated heterocycles. The van der Waals surface area contributed by atoms with Crippen LogP contribution in [0.15, 0.2) is 70.3 Å². The molecule has 1 atom stereocenters. The van der Waals surface area contributed by atoms with E-state index in [0.717, 1.165) is 16.7 Å². The van der Waals surface area contributed by atoms with Gasteiger partial charge in [-0.05, 0) is 42.2 Å². The Kier molecular flexibility index (Phi) is 5.21. The number of nitrogens with zero attached hydrogens (tertiary/aromatic N) is 2. The quantitative estimate of drug-likeness (QED) is 0.697. The van der Waals surface area contributed by atoms with Crippen molar-refractivity contribution in [2.75, 3.05) is 6.54 Å². The van der Waals surface area contributed by atoms with Crippen molar-refractivity contribution in [1.29, 1.82) is 0 Å². The predicted molar refractivity (Wildman–Crippen MR) is 107 cm³/mol. The lowest BCUT2D eigenvalue weighted by Crippen LogP contribution is -2.36. The van der Waals surface area contributed by atoms with E-state index in [4.69, 9.17) is 4.52 Å². The van der Waals surface area contributed by atoms with Gasteiger partial charge in [-0.1, -0.05) is 41.6 Å². The average molecular weight is 411 g/mol. The Balaban J connectivity index is 1.51. The van der Waals surface area contributed by atoms with Crippen LogP contribution in [0, 0.1) is 0 Å². The fraction of sp³-hybridized carbons (Fsp3) is 0.238. The van der Waals surface area contributed by atoms with Crippen LogP contribution >= 0.6 is 0 Å². The molecule has 2 heterocycles. The lowest BCUT2D eigenvalue weighted by Gasteiger charge is -2.28. The minimum Gasteiger partial charge on any atom is -0.364 e. The number of benzene rings is 2. The summed E-state index contributed by atoms with van der Waals surface area (Å²) in [6.45, 7) is 2.73. The molecule has 8 heteroatoms. The Morgan fingerprint density at radius 2 is 1.93 bits per heavy atom. The predicted octanol–water partition coefficient (Wildman–Crippen LogP) is 2.91. The zero-order chi connectivity index (χ0) is 20.4. The normalized spacial score (nSPS) is 15.0. The van der Waals surface area contributed by atoms with Crippen LogP contribution in [0.1, 0.15) is 40.1 Å². The third-order valence-corrected chi connectivity index (χ3v) is 6.61. The monoisotopic (exact) mass is 411 g/mol. The molecule has 1 amide bonds. The number of fused-ring (bicyclic) bond motifs is 1. The maximum Gasteiger partial charge on any atom is 0.276 e. The third kappa shape index (κ3) is 4.08. The fourth-order valence-corrected chi connectivity index (χ4v) is 4.75. The van der Waals surface area contributed by atoms with Gasteiger partial charge in [-0.25, -0.2) is 13.1 Å². The number of amides is 1. The first-order valence-corrected chi connectivity index (χ1v) is 10.8. The number of aromatic nitrogens is 1. The number of nitrogens with one attached hydrogen (secondary N) is 1. The highest BCUT2D eigenvalue weighted by Gasteiger charge is 2.25. The van der Waals surface area contributed by atoms with Crippen molar-refractivity contribution in [3.05, 3.63) is 83.2 Å². The molecule has 1 N–H and O–H groups in total. The summed E-state index contributed by atoms with van der Waals surface area (Å²) < 4.78 is 33.1. The van der Waals surface area contributed by atoms with E-state index in [0.29, 0.717) is 19.5 Å². The molecule has 0 fully saturated rings. The van der Waals surface area contributed by atoms with Crippen molar-refractivity contribution in [2.24, 2.45) is 0 Å². The van der Waals surface area contributed by atoms with Gasteiger partial charge in [-0.3, -0.25) is 4.79 Å². The van der Waals surface area contributed by atoms with Gasteiger partial charge in [0.1, 0.15) is 6.26 Å². The second-order valence-corrected chi connectivity index (χ2v) is 8.76. The minimum atomic E-state index is -3.66. The van der Waals surface area contributed by atoms with Crippen LogP contribution in [-0.4, -0.2) is 30.9 Å². The van der Waals surface area contributed by atoms with E-state index in [2.05, 4.69) is 9.88 Å². The van der Waals surface area contributed by atoms with Crippen LogP contribution in [-0.2, 0) is 23.0 Å². The molecular formula is C21H21N3O4S. The number of carbonyl (C=O) groups excluding carboxylic acids is 1. The van der Waals surface area contributed by atoms with Crippen LogP contribution < -0.4 is 4.72 Å². The summed E-state index contributed by atoms with van der Waals surface area (Å²) in [5.74, 6) is -0.195. The van der Waals surface area contributed by atoms with E-state index in [1.54, 1.807) is 23.1 Å². The number of hydrogen-bond donors (Lipinski definition) is 1. The Bertz CT molecular complexity index is 1110. The van der Waals surface area contributed by atoms with E-state index < -0.39 is 10.0 Å². The van der Waals surface area contributed by atoms with Gasteiger partial charge >= 0.3 is 0 Å². The molecule has 2 aromatic carbocycles. The largest absolute Gasteiger partial charge is 0.364 e. The summed E-state index contributed by atoms with van der Waals surface area (Å²) in [6, 6.07) is 15.7. The van der Waals surface area contributed by atoms with Crippen LogP contribution in [0.5, 0.6) is 0 Å². The van der Waals surface area contributed by atoms with Gasteiger partial charge in [-0.2, -0.15) is 0 Å². The molecule has 4 rings (SSSR count). The molecule has 7 nitrogen and oxygen atoms in total. The highest BCUT2D eigenvalue weighted by molar-refractivity contribution is 7.89. The van der Waals surface area contributed by atoms with E-state index in [-0.39, 0.29) is 22.5 Å². The zero-order valence-electron chi connectivity index (χ0n) is 15.9. The van der Waals surface area contributed by atoms with E-state index in [1.165, 1.54) is 12.3 Å². The van der Waals surface area contributed by atoms with E-state index in [1.807, 2.05) is 37.3 Å². The average Bonchev–Trinajstić information content (AvgIpc) is 3.27. The zero-order valence-corrected chi connectivity index (χ0v) is 16.7. The summed E-state index contributed by atoms with van der Waals surface area (Å²) in [7, 11) is -3.66. The molecule has 0 aliphatic carbocycles. The van der Waals surface area contributed by atoms with Gasteiger partial charge in [0, 0.05) is 25.2 Å². The molecule has 150 valence electrons. The standard InChI is InChI=1S/C21H21N3O4S/c1-15(16-5-3-2-4-6-16)23-29(26,27)19-8-7-18-14-24(11-9-17(18)13-19)21(25)20-10-12-28-22-20/h2-8,10,12-13,15,23H,9,11,14H2,1H3/t15-/m1/s1. The van der Waals surface area contributed by atoms with Gasteiger partial charge < -0.3 is 9.42 Å². The maximum atomic E-state index is 12.8. The third-order valence-electron chi connectivity index (χ3n) is 5.08. The van der Waals surface area contributed by atoms with Crippen molar-refractivity contribution >= 4 is 15.9 Å². The molecule has 0 saturated carbocycles. The first-order valence-electron chi connectivity index (χ1n) is 9.33. The number of carbonyl (C=O) groups is 1. The number of rotatable bonds is 5. The van der Waals surface area contributed by atoms with Gasteiger partial charge in [0.15, 0.2) is 5.69 Å². The van der Waals surface area contributed by atoms with Crippen molar-refractivity contribution in [2.45, 2.75) is 30.8 Å². The summed E-state index contributed by atoms with van der Waals surface area (Å²) in [5.41, 5.74) is 3.04. The van der Waals surface area contributed by atoms with Crippen molar-refractivity contribution in [1.82, 2.24) is 14.8 Å². The highest BCUT2D eigenvalue weighted by Crippen LogP contribution is 2.24. The molecule has 3 aromatic rings. The van der Waals surface area contributed by atoms with Crippen LogP contribution in [0.25, 0.3) is 0 Å². The molecule has 1 aliphatic heterocycles. The topological polar surface area (TPSA) is 92.5 Å². The first-order chi connectivity index (χ1) is 13.9. The SMILES string of the molecule is C[C@@H](NS(=O)(=O)c1ccc2c(c1)CCN(C(=O)c1ccon1)C2)c1ccccc1. The van der Waals surface area contributed by atoms with Crippen LogP contribution in [0.3, 0.4) is 0 Å². The summed E-state index contributed by atoms with van der Waals surface area (Å²) >= 11 is 0. The molecule has 0 spiro atoms. The second kappa shape index (κ2) is 7.81. The summed E-state index contributed by atoms with van der Waals surface area (Å²) in [4.78, 5) is 14.4. The van der Waals surface area contributed by atoms with E-state index >= 15 is 0 Å². The number of sulfonamides is 1. The molecule has 0 unspecified atom stereocenters. The lowest BCUT2D eigenvalue weighted by molar-refractivity contribution is 0.0724. The summed E-state index contributed by atoms with van der Waals surface area (Å²) in [6.07, 6.45) is 1.95. The lowest BCUT2D eigenvalue weighted by atomic mass is 9.99. The summed E-state index contributed by atoms with van der Waals surface area (Å²) in [5, 5.41) is 3.69. The maximum absolute atomic E-state index is 12.8. The first kappa shape index (κ1) is 19.4. The molecule has 1 aromatic heterocycles. The smallest absolute Gasteiger partial charge is 0.276 e. The molecule has 0 radical (unpaired) electrons. The second-order valence-electron chi connectivity index (χ2n) is 7.05. The number of hydrogen-bond acceptors (Lipinski definition) is 5. The molecule has 29 heavy (non-hydrogen) atoms. The van der Waals surface area contributed by atoms with Crippen LogP contribution in [0.2, 0.25) is 0 Å². The van der Waals surface area contributed by atoms with E-state index in [9.17, 15) is 13.2 Å². The molecular weight excluding hydrogens is 390 g/mol. The Morgan fingerprint density at radius 1 is 1.14 bits per heavy atom. The van der Waals surface area contributed by atoms with Gasteiger partial charge in [-0.15, -0.1) is 0 Å². The van der Waals surface area contributed by atoms with Gasteiger partial charge in [0.2, 0.25) is 10.0 Å². The van der Waals surface area contributed by atoms with Crippen LogP contribution in [0.4, 0.5) is 0 Å². The fourth-order valence-electron chi connectivity index (χ4n) is 3.47. The van der Waals surface area contributed by atoms with Crippen molar-refractivity contribution in [3.8, 4) is 0 Å². The minimum absolute atomic E-state index is 0.195. The van der Waals surface area contributed by atoms with Gasteiger partial charge in [0.25, 0.3) is 5.91 Å². The Morgan fingerprint density at radius 3 is 2.66 bits per heavy atom.